The van der Waals surface area contributed by atoms with E-state index in [1.807, 2.05) is 0 Å². The lowest BCUT2D eigenvalue weighted by molar-refractivity contribution is -0.116. The van der Waals surface area contributed by atoms with Crippen LogP contribution in [0, 0.1) is 11.3 Å². The molecule has 0 saturated heterocycles. The number of carbonyl (C=O) groups excluding carboxylic acids is 1. The van der Waals surface area contributed by atoms with E-state index >= 15 is 0 Å². The Morgan fingerprint density at radius 1 is 1.10 bits per heavy atom. The topological polar surface area (TPSA) is 40.9 Å². The van der Waals surface area contributed by atoms with Gasteiger partial charge in [0.15, 0.2) is 0 Å². The minimum atomic E-state index is -0.0718. The highest BCUT2D eigenvalue weighted by atomic mass is 16.1. The fraction of sp³-hybridized carbons (Fsp3) is 0.579. The molecular formula is C19H31NO. The summed E-state index contributed by atoms with van der Waals surface area (Å²) >= 11 is 0. The van der Waals surface area contributed by atoms with Crippen LogP contribution in [0.5, 0.6) is 0 Å². The number of ketones is 1. The Bertz CT molecular complexity index is 397. The molecule has 0 aliphatic heterocycles. The summed E-state index contributed by atoms with van der Waals surface area (Å²) in [6, 6.07) is 10.6. The first-order valence-electron chi connectivity index (χ1n) is 7.87. The minimum Gasteiger partial charge on any atom is -0.299 e. The van der Waals surface area contributed by atoms with Gasteiger partial charge in [0.2, 0.25) is 0 Å². The van der Waals surface area contributed by atoms with Crippen LogP contribution in [0.3, 0.4) is 0 Å². The van der Waals surface area contributed by atoms with Crippen LogP contribution in [-0.4, -0.2) is 5.78 Å². The molecule has 0 aliphatic rings. The maximum absolute atomic E-state index is 9.82. The average Bonchev–Trinajstić information content (AvgIpc) is 2.48. The monoisotopic (exact) mass is 289 g/mol. The summed E-state index contributed by atoms with van der Waals surface area (Å²) in [6.07, 6.45) is 3.82. The Morgan fingerprint density at radius 3 is 1.76 bits per heavy atom. The summed E-state index contributed by atoms with van der Waals surface area (Å²) in [6.45, 7) is 12.4. The molecule has 0 heterocycles. The average molecular weight is 289 g/mol. The van der Waals surface area contributed by atoms with E-state index in [1.54, 1.807) is 6.07 Å². The van der Waals surface area contributed by atoms with Crippen molar-refractivity contribution in [3.05, 3.63) is 35.4 Å². The molecule has 1 aromatic rings. The van der Waals surface area contributed by atoms with Gasteiger partial charge in [0.05, 0.1) is 12.5 Å². The molecule has 0 radical (unpaired) electrons. The van der Waals surface area contributed by atoms with Gasteiger partial charge >= 0.3 is 0 Å². The Kier molecular flexibility index (Phi) is 15.3. The summed E-state index contributed by atoms with van der Waals surface area (Å²) in [7, 11) is 0. The lowest BCUT2D eigenvalue weighted by Gasteiger charge is -2.04. The molecule has 0 aliphatic carbocycles. The predicted octanol–water partition coefficient (Wildman–Crippen LogP) is 5.67. The van der Waals surface area contributed by atoms with Gasteiger partial charge in [0, 0.05) is 0 Å². The van der Waals surface area contributed by atoms with Crippen LogP contribution in [-0.2, 0) is 11.2 Å². The van der Waals surface area contributed by atoms with Crippen molar-refractivity contribution in [1.82, 2.24) is 0 Å². The van der Waals surface area contributed by atoms with Gasteiger partial charge in [-0.25, -0.2) is 0 Å². The van der Waals surface area contributed by atoms with E-state index in [2.05, 4.69) is 58.9 Å². The van der Waals surface area contributed by atoms with E-state index < -0.39 is 0 Å². The Hall–Kier alpha value is -1.62. The molecule has 0 fully saturated rings. The van der Waals surface area contributed by atoms with Gasteiger partial charge in [0.1, 0.15) is 5.78 Å². The number of benzene rings is 1. The number of Topliss-reactive ketones (excluding diaryl/α,β-unsaturated/α-hetero) is 1. The molecule has 0 aromatic heterocycles. The first-order chi connectivity index (χ1) is 9.92. The predicted molar refractivity (Wildman–Crippen MR) is 91.4 cm³/mol. The summed E-state index contributed by atoms with van der Waals surface area (Å²) in [5.41, 5.74) is 2.86. The van der Waals surface area contributed by atoms with E-state index in [1.165, 1.54) is 30.9 Å². The summed E-state index contributed by atoms with van der Waals surface area (Å²) in [5.74, 6) is 0.582. The number of aryl methyl sites for hydroxylation is 1. The van der Waals surface area contributed by atoms with Crippen molar-refractivity contribution in [2.75, 3.05) is 0 Å². The smallest absolute Gasteiger partial charge is 0.143 e. The van der Waals surface area contributed by atoms with Crippen molar-refractivity contribution in [2.24, 2.45) is 0 Å². The maximum atomic E-state index is 9.82. The molecule has 0 bridgehead atoms. The number of rotatable bonds is 4. The third-order valence-corrected chi connectivity index (χ3v) is 2.88. The van der Waals surface area contributed by atoms with Crippen molar-refractivity contribution < 1.29 is 4.79 Å². The molecule has 0 saturated carbocycles. The van der Waals surface area contributed by atoms with Crippen molar-refractivity contribution in [3.8, 4) is 6.07 Å². The quantitative estimate of drug-likeness (QED) is 0.716. The zero-order chi connectivity index (χ0) is 16.7. The first-order valence-corrected chi connectivity index (χ1v) is 7.87. The van der Waals surface area contributed by atoms with E-state index in [0.29, 0.717) is 5.92 Å². The number of hydrogen-bond donors (Lipinski definition) is 0. The zero-order valence-corrected chi connectivity index (χ0v) is 14.6. The lowest BCUT2D eigenvalue weighted by Crippen LogP contribution is -1.87. The van der Waals surface area contributed by atoms with Gasteiger partial charge in [-0.15, -0.1) is 0 Å². The fourth-order valence-electron chi connectivity index (χ4n) is 1.25. The van der Waals surface area contributed by atoms with Gasteiger partial charge < -0.3 is 0 Å². The normalized spacial score (nSPS) is 8.86. The minimum absolute atomic E-state index is 0.0417. The molecule has 0 atom stereocenters. The van der Waals surface area contributed by atoms with Gasteiger partial charge in [-0.05, 0) is 30.4 Å². The highest BCUT2D eigenvalue weighted by molar-refractivity contribution is 5.77. The summed E-state index contributed by atoms with van der Waals surface area (Å²) in [4.78, 5) is 9.82. The largest absolute Gasteiger partial charge is 0.299 e. The molecule has 0 unspecified atom stereocenters. The Balaban J connectivity index is 0. The van der Waals surface area contributed by atoms with Crippen molar-refractivity contribution in [2.45, 2.75) is 73.1 Å². The molecule has 2 heteroatoms. The van der Waals surface area contributed by atoms with Crippen LogP contribution in [0.15, 0.2) is 24.3 Å². The number of unbranched alkanes of at least 4 members (excludes halogenated alkanes) is 1. The second-order valence-corrected chi connectivity index (χ2v) is 5.29. The number of nitrogens with zero attached hydrogens (tertiary/aromatic N) is 1. The van der Waals surface area contributed by atoms with E-state index in [4.69, 9.17) is 5.26 Å². The number of hydrogen-bond acceptors (Lipinski definition) is 2. The van der Waals surface area contributed by atoms with Crippen LogP contribution in [0.2, 0.25) is 0 Å². The lowest BCUT2D eigenvalue weighted by atomic mass is 10.0. The SMILES string of the molecule is CC(=O)CC#N.CCCC.CCc1ccc(C(C)C)cc1. The molecule has 1 rings (SSSR count). The highest BCUT2D eigenvalue weighted by Crippen LogP contribution is 2.14. The van der Waals surface area contributed by atoms with Gasteiger partial charge in [-0.2, -0.15) is 5.26 Å². The van der Waals surface area contributed by atoms with Gasteiger partial charge in [0.25, 0.3) is 0 Å². The van der Waals surface area contributed by atoms with Crippen LogP contribution < -0.4 is 0 Å². The van der Waals surface area contributed by atoms with E-state index in [9.17, 15) is 4.79 Å². The van der Waals surface area contributed by atoms with Crippen molar-refractivity contribution in [1.29, 1.82) is 5.26 Å². The number of carbonyl (C=O) groups is 1. The molecule has 21 heavy (non-hydrogen) atoms. The van der Waals surface area contributed by atoms with Crippen LogP contribution >= 0.6 is 0 Å². The third-order valence-electron chi connectivity index (χ3n) is 2.88. The second-order valence-electron chi connectivity index (χ2n) is 5.29. The van der Waals surface area contributed by atoms with Gasteiger partial charge in [-0.3, -0.25) is 4.79 Å². The molecule has 118 valence electrons. The second kappa shape index (κ2) is 14.8. The van der Waals surface area contributed by atoms with Crippen LogP contribution in [0.1, 0.15) is 77.8 Å². The Labute approximate surface area is 131 Å². The summed E-state index contributed by atoms with van der Waals surface area (Å²) < 4.78 is 0. The van der Waals surface area contributed by atoms with E-state index in [0.717, 1.165) is 6.42 Å². The highest BCUT2D eigenvalue weighted by Gasteiger charge is 1.96. The standard InChI is InChI=1S/C11H16.C4H5NO.C4H10/c1-4-10-5-7-11(8-6-10)9(2)3;1-4(6)2-3-5;1-3-4-2/h5-9H,4H2,1-3H3;2H2,1H3;3-4H2,1-2H3. The molecule has 2 nitrogen and oxygen atoms in total. The first kappa shape index (κ1) is 21.7. The van der Waals surface area contributed by atoms with Gasteiger partial charge in [-0.1, -0.05) is 71.7 Å². The number of nitriles is 1. The molecule has 0 amide bonds. The molecule has 1 aromatic carbocycles. The fourth-order valence-corrected chi connectivity index (χ4v) is 1.25. The van der Waals surface area contributed by atoms with Crippen LogP contribution in [0.4, 0.5) is 0 Å². The van der Waals surface area contributed by atoms with Crippen molar-refractivity contribution >= 4 is 5.78 Å². The molecule has 0 N–H and O–H groups in total. The zero-order valence-electron chi connectivity index (χ0n) is 14.6. The molecular weight excluding hydrogens is 258 g/mol. The maximum Gasteiger partial charge on any atom is 0.143 e. The van der Waals surface area contributed by atoms with E-state index in [-0.39, 0.29) is 12.2 Å². The van der Waals surface area contributed by atoms with Crippen LogP contribution in [0.25, 0.3) is 0 Å². The third kappa shape index (κ3) is 14.6. The Morgan fingerprint density at radius 2 is 1.57 bits per heavy atom. The molecule has 0 spiro atoms. The summed E-state index contributed by atoms with van der Waals surface area (Å²) in [5, 5.41) is 7.77. The van der Waals surface area contributed by atoms with Crippen molar-refractivity contribution in [3.63, 3.8) is 0 Å².